The average Bonchev–Trinajstić information content (AvgIpc) is 2.91. The number of hydrogen-bond donors (Lipinski definition) is 1. The number of nitrogens with two attached hydrogens (primary N) is 1. The van der Waals surface area contributed by atoms with E-state index in [4.69, 9.17) is 15.2 Å². The van der Waals surface area contributed by atoms with Crippen LogP contribution in [0.3, 0.4) is 0 Å². The van der Waals surface area contributed by atoms with Crippen LogP contribution in [-0.2, 0) is 0 Å². The van der Waals surface area contributed by atoms with Crippen molar-refractivity contribution in [3.05, 3.63) is 46.2 Å². The zero-order valence-corrected chi connectivity index (χ0v) is 11.9. The molecule has 0 aliphatic heterocycles. The van der Waals surface area contributed by atoms with E-state index in [1.165, 1.54) is 0 Å². The maximum atomic E-state index is 6.21. The molecule has 0 saturated carbocycles. The summed E-state index contributed by atoms with van der Waals surface area (Å²) < 4.78 is 10.5. The SMILES string of the molecule is COc1cc(OC)cc([C@H](N)c2cccs2)c1.Cl. The second-order valence-electron chi connectivity index (χ2n) is 3.64. The molecular formula is C13H16ClNO2S. The van der Waals surface area contributed by atoms with Gasteiger partial charge in [-0.05, 0) is 29.1 Å². The topological polar surface area (TPSA) is 44.5 Å². The summed E-state index contributed by atoms with van der Waals surface area (Å²) in [4.78, 5) is 1.13. The number of methoxy groups -OCH3 is 2. The maximum Gasteiger partial charge on any atom is 0.122 e. The van der Waals surface area contributed by atoms with Crippen LogP contribution in [0.25, 0.3) is 0 Å². The third-order valence-corrected chi connectivity index (χ3v) is 3.54. The van der Waals surface area contributed by atoms with E-state index in [1.807, 2.05) is 35.7 Å². The molecule has 0 saturated heterocycles. The van der Waals surface area contributed by atoms with Gasteiger partial charge in [-0.2, -0.15) is 0 Å². The van der Waals surface area contributed by atoms with E-state index < -0.39 is 0 Å². The van der Waals surface area contributed by atoms with Crippen molar-refractivity contribution in [3.8, 4) is 11.5 Å². The monoisotopic (exact) mass is 285 g/mol. The molecule has 0 radical (unpaired) electrons. The molecule has 0 spiro atoms. The molecule has 5 heteroatoms. The van der Waals surface area contributed by atoms with E-state index in [-0.39, 0.29) is 18.4 Å². The minimum atomic E-state index is -0.140. The third-order valence-electron chi connectivity index (χ3n) is 2.58. The maximum absolute atomic E-state index is 6.21. The molecule has 2 N–H and O–H groups in total. The minimum absolute atomic E-state index is 0. The molecule has 0 aliphatic carbocycles. The molecule has 18 heavy (non-hydrogen) atoms. The van der Waals surface area contributed by atoms with Gasteiger partial charge in [-0.1, -0.05) is 6.07 Å². The summed E-state index contributed by atoms with van der Waals surface area (Å²) in [6.45, 7) is 0. The fraction of sp³-hybridized carbons (Fsp3) is 0.231. The second kappa shape index (κ2) is 6.64. The lowest BCUT2D eigenvalue weighted by atomic mass is 10.1. The van der Waals surface area contributed by atoms with Crippen LogP contribution in [0.4, 0.5) is 0 Å². The number of benzene rings is 1. The zero-order chi connectivity index (χ0) is 12.3. The lowest BCUT2D eigenvalue weighted by Gasteiger charge is -2.13. The Hall–Kier alpha value is -1.23. The molecule has 0 aliphatic rings. The highest BCUT2D eigenvalue weighted by Gasteiger charge is 2.12. The first-order valence-corrected chi connectivity index (χ1v) is 6.14. The summed E-state index contributed by atoms with van der Waals surface area (Å²) in [5.41, 5.74) is 7.20. The van der Waals surface area contributed by atoms with Crippen molar-refractivity contribution in [1.82, 2.24) is 0 Å². The van der Waals surface area contributed by atoms with Gasteiger partial charge >= 0.3 is 0 Å². The van der Waals surface area contributed by atoms with Crippen LogP contribution in [0.5, 0.6) is 11.5 Å². The van der Waals surface area contributed by atoms with Gasteiger partial charge in [0.15, 0.2) is 0 Å². The number of rotatable bonds is 4. The Balaban J connectivity index is 0.00000162. The Kier molecular flexibility index (Phi) is 5.47. The fourth-order valence-electron chi connectivity index (χ4n) is 1.64. The Morgan fingerprint density at radius 2 is 1.72 bits per heavy atom. The standard InChI is InChI=1S/C13H15NO2S.ClH/c1-15-10-6-9(7-11(8-10)16-2)13(14)12-4-3-5-17-12;/h3-8,13H,14H2,1-2H3;1H/t13-;/m0./s1. The second-order valence-corrected chi connectivity index (χ2v) is 4.62. The largest absolute Gasteiger partial charge is 0.497 e. The van der Waals surface area contributed by atoms with E-state index in [0.717, 1.165) is 21.9 Å². The molecule has 1 aromatic heterocycles. The van der Waals surface area contributed by atoms with Crippen LogP contribution in [0, 0.1) is 0 Å². The Bertz CT molecular complexity index is 465. The molecule has 98 valence electrons. The van der Waals surface area contributed by atoms with Gasteiger partial charge in [0.05, 0.1) is 20.3 Å². The van der Waals surface area contributed by atoms with Gasteiger partial charge < -0.3 is 15.2 Å². The molecule has 0 bridgehead atoms. The Labute approximate surface area is 117 Å². The molecule has 1 aromatic carbocycles. The number of thiophene rings is 1. The van der Waals surface area contributed by atoms with Crippen molar-refractivity contribution >= 4 is 23.7 Å². The summed E-state index contributed by atoms with van der Waals surface area (Å²) in [6.07, 6.45) is 0. The van der Waals surface area contributed by atoms with Crippen LogP contribution >= 0.6 is 23.7 Å². The molecular weight excluding hydrogens is 270 g/mol. The van der Waals surface area contributed by atoms with Gasteiger partial charge in [-0.25, -0.2) is 0 Å². The lowest BCUT2D eigenvalue weighted by molar-refractivity contribution is 0.393. The van der Waals surface area contributed by atoms with Gasteiger partial charge in [0.2, 0.25) is 0 Å². The molecule has 0 unspecified atom stereocenters. The average molecular weight is 286 g/mol. The summed E-state index contributed by atoms with van der Waals surface area (Å²) in [5, 5.41) is 2.02. The first-order valence-electron chi connectivity index (χ1n) is 5.26. The predicted molar refractivity (Wildman–Crippen MR) is 77.1 cm³/mol. The summed E-state index contributed by atoms with van der Waals surface area (Å²) in [7, 11) is 3.27. The Morgan fingerprint density at radius 3 is 2.17 bits per heavy atom. The molecule has 1 heterocycles. The number of halogens is 1. The summed E-state index contributed by atoms with van der Waals surface area (Å²) >= 11 is 1.65. The highest BCUT2D eigenvalue weighted by atomic mass is 35.5. The van der Waals surface area contributed by atoms with Gasteiger partial charge in [0.1, 0.15) is 11.5 Å². The quantitative estimate of drug-likeness (QED) is 0.938. The van der Waals surface area contributed by atoms with Crippen molar-refractivity contribution in [2.24, 2.45) is 5.73 Å². The van der Waals surface area contributed by atoms with E-state index in [0.29, 0.717) is 0 Å². The summed E-state index contributed by atoms with van der Waals surface area (Å²) in [5.74, 6) is 1.51. The van der Waals surface area contributed by atoms with Gasteiger partial charge in [-0.15, -0.1) is 23.7 Å². The molecule has 0 fully saturated rings. The van der Waals surface area contributed by atoms with Crippen LogP contribution in [0.1, 0.15) is 16.5 Å². The smallest absolute Gasteiger partial charge is 0.122 e. The zero-order valence-electron chi connectivity index (χ0n) is 10.3. The van der Waals surface area contributed by atoms with Crippen LogP contribution in [0.15, 0.2) is 35.7 Å². The fourth-order valence-corrected chi connectivity index (χ4v) is 2.40. The first-order chi connectivity index (χ1) is 8.24. The first kappa shape index (κ1) is 14.8. The van der Waals surface area contributed by atoms with Gasteiger partial charge in [-0.3, -0.25) is 0 Å². The van der Waals surface area contributed by atoms with Crippen LogP contribution < -0.4 is 15.2 Å². The van der Waals surface area contributed by atoms with Crippen molar-refractivity contribution in [2.45, 2.75) is 6.04 Å². The minimum Gasteiger partial charge on any atom is -0.497 e. The number of hydrogen-bond acceptors (Lipinski definition) is 4. The van der Waals surface area contributed by atoms with Crippen molar-refractivity contribution < 1.29 is 9.47 Å². The number of ether oxygens (including phenoxy) is 2. The van der Waals surface area contributed by atoms with Gasteiger partial charge in [0.25, 0.3) is 0 Å². The van der Waals surface area contributed by atoms with E-state index in [2.05, 4.69) is 0 Å². The summed E-state index contributed by atoms with van der Waals surface area (Å²) in [6, 6.07) is 9.60. The third kappa shape index (κ3) is 3.16. The molecule has 2 aromatic rings. The molecule has 3 nitrogen and oxygen atoms in total. The van der Waals surface area contributed by atoms with Crippen molar-refractivity contribution in [2.75, 3.05) is 14.2 Å². The van der Waals surface area contributed by atoms with Crippen molar-refractivity contribution in [3.63, 3.8) is 0 Å². The molecule has 2 rings (SSSR count). The van der Waals surface area contributed by atoms with Crippen LogP contribution in [0.2, 0.25) is 0 Å². The van der Waals surface area contributed by atoms with Crippen LogP contribution in [-0.4, -0.2) is 14.2 Å². The van der Waals surface area contributed by atoms with Crippen molar-refractivity contribution in [1.29, 1.82) is 0 Å². The highest BCUT2D eigenvalue weighted by molar-refractivity contribution is 7.10. The Morgan fingerprint density at radius 1 is 1.11 bits per heavy atom. The van der Waals surface area contributed by atoms with E-state index in [1.54, 1.807) is 25.6 Å². The van der Waals surface area contributed by atoms with E-state index >= 15 is 0 Å². The lowest BCUT2D eigenvalue weighted by Crippen LogP contribution is -2.10. The highest BCUT2D eigenvalue weighted by Crippen LogP contribution is 2.30. The molecule has 1 atom stereocenters. The molecule has 0 amide bonds. The van der Waals surface area contributed by atoms with Gasteiger partial charge in [0, 0.05) is 10.9 Å². The predicted octanol–water partition coefficient (Wildman–Crippen LogP) is 3.24. The normalized spacial score (nSPS) is 11.5. The van der Waals surface area contributed by atoms with E-state index in [9.17, 15) is 0 Å².